The molecule has 58 heavy (non-hydrogen) atoms. The average Bonchev–Trinajstić information content (AvgIpc) is 3.60. The lowest BCUT2D eigenvalue weighted by Crippen LogP contribution is -2.32. The van der Waals surface area contributed by atoms with Crippen molar-refractivity contribution >= 4 is 0 Å². The van der Waals surface area contributed by atoms with E-state index in [1.54, 1.807) is 0 Å². The van der Waals surface area contributed by atoms with Crippen LogP contribution >= 0.6 is 0 Å². The molecule has 5 heteroatoms. The van der Waals surface area contributed by atoms with Crippen LogP contribution in [0.5, 0.6) is 11.5 Å². The van der Waals surface area contributed by atoms with Crippen LogP contribution in [0.1, 0.15) is 27.8 Å². The van der Waals surface area contributed by atoms with Crippen molar-refractivity contribution in [3.8, 4) is 85.1 Å². The standard InChI is InChI=1S/C53H32N4O/c54-33-34-22-28-48-46(30-34)53(44-20-9-7-18-42(44)43-19-8-10-21-45(43)53)47-32-40(27-29-49(47)58-48)39-16-11-17-41(31-39)52-56-50(37-14-5-2-6-15-37)55-51(57-52)38-25-23-36(24-26-38)35-12-3-1-4-13-35/h1-32H. The Kier molecular flexibility index (Phi) is 7.70. The summed E-state index contributed by atoms with van der Waals surface area (Å²) in [7, 11) is 0. The van der Waals surface area contributed by atoms with Gasteiger partial charge in [0.05, 0.1) is 17.0 Å². The Bertz CT molecular complexity index is 3050. The third-order valence-electron chi connectivity index (χ3n) is 11.4. The zero-order chi connectivity index (χ0) is 38.6. The van der Waals surface area contributed by atoms with Crippen LogP contribution in [0.2, 0.25) is 0 Å². The van der Waals surface area contributed by atoms with Gasteiger partial charge in [-0.05, 0) is 80.9 Å². The quantitative estimate of drug-likeness (QED) is 0.176. The van der Waals surface area contributed by atoms with E-state index in [2.05, 4.69) is 146 Å². The Hall–Kier alpha value is -7.94. The van der Waals surface area contributed by atoms with E-state index in [1.165, 1.54) is 22.3 Å². The van der Waals surface area contributed by atoms with Crippen molar-refractivity contribution in [2.24, 2.45) is 0 Å². The van der Waals surface area contributed by atoms with Crippen LogP contribution in [-0.4, -0.2) is 15.0 Å². The van der Waals surface area contributed by atoms with Gasteiger partial charge in [0.15, 0.2) is 17.5 Å². The van der Waals surface area contributed by atoms with E-state index >= 15 is 0 Å². The zero-order valence-corrected chi connectivity index (χ0v) is 31.2. The molecule has 1 aliphatic carbocycles. The van der Waals surface area contributed by atoms with Gasteiger partial charge >= 0.3 is 0 Å². The summed E-state index contributed by atoms with van der Waals surface area (Å²) in [4.78, 5) is 15.1. The summed E-state index contributed by atoms with van der Waals surface area (Å²) >= 11 is 0. The second kappa shape index (κ2) is 13.4. The molecule has 270 valence electrons. The van der Waals surface area contributed by atoms with Gasteiger partial charge in [0.2, 0.25) is 0 Å². The van der Waals surface area contributed by atoms with Crippen molar-refractivity contribution in [3.05, 3.63) is 222 Å². The van der Waals surface area contributed by atoms with Crippen LogP contribution in [0.25, 0.3) is 67.5 Å². The Morgan fingerprint density at radius 1 is 0.362 bits per heavy atom. The molecule has 0 bridgehead atoms. The summed E-state index contributed by atoms with van der Waals surface area (Å²) in [5.41, 5.74) is 13.6. The molecule has 1 aromatic heterocycles. The molecule has 0 saturated carbocycles. The van der Waals surface area contributed by atoms with Crippen LogP contribution in [0.15, 0.2) is 194 Å². The molecule has 9 aromatic rings. The summed E-state index contributed by atoms with van der Waals surface area (Å²) in [6.45, 7) is 0. The molecule has 1 spiro atoms. The summed E-state index contributed by atoms with van der Waals surface area (Å²) < 4.78 is 6.68. The lowest BCUT2D eigenvalue weighted by atomic mass is 9.65. The summed E-state index contributed by atoms with van der Waals surface area (Å²) in [5, 5.41) is 10.1. The normalized spacial score (nSPS) is 12.7. The van der Waals surface area contributed by atoms with Gasteiger partial charge in [0.1, 0.15) is 11.5 Å². The third-order valence-corrected chi connectivity index (χ3v) is 11.4. The van der Waals surface area contributed by atoms with Crippen LogP contribution in [0, 0.1) is 11.3 Å². The maximum atomic E-state index is 10.1. The highest BCUT2D eigenvalue weighted by Crippen LogP contribution is 2.62. The predicted molar refractivity (Wildman–Crippen MR) is 229 cm³/mol. The first-order valence-corrected chi connectivity index (χ1v) is 19.3. The van der Waals surface area contributed by atoms with E-state index in [4.69, 9.17) is 19.7 Å². The molecular formula is C53H32N4O. The monoisotopic (exact) mass is 740 g/mol. The van der Waals surface area contributed by atoms with Crippen molar-refractivity contribution in [2.75, 3.05) is 0 Å². The summed E-state index contributed by atoms with van der Waals surface area (Å²) in [6, 6.07) is 69.0. The second-order valence-electron chi connectivity index (χ2n) is 14.7. The molecule has 0 unspecified atom stereocenters. The lowest BCUT2D eigenvalue weighted by molar-refractivity contribution is 0.436. The first-order chi connectivity index (χ1) is 28.7. The van der Waals surface area contributed by atoms with Crippen LogP contribution < -0.4 is 4.74 Å². The largest absolute Gasteiger partial charge is 0.457 e. The maximum absolute atomic E-state index is 10.1. The van der Waals surface area contributed by atoms with Gasteiger partial charge in [0, 0.05) is 27.8 Å². The fraction of sp³-hybridized carbons (Fsp3) is 0.0189. The molecule has 2 heterocycles. The zero-order valence-electron chi connectivity index (χ0n) is 31.2. The lowest BCUT2D eigenvalue weighted by Gasteiger charge is -2.39. The minimum Gasteiger partial charge on any atom is -0.457 e. The molecule has 0 radical (unpaired) electrons. The first-order valence-electron chi connectivity index (χ1n) is 19.3. The number of benzene rings is 8. The maximum Gasteiger partial charge on any atom is 0.164 e. The van der Waals surface area contributed by atoms with Gasteiger partial charge in [-0.1, -0.05) is 158 Å². The van der Waals surface area contributed by atoms with Gasteiger partial charge in [-0.3, -0.25) is 0 Å². The second-order valence-corrected chi connectivity index (χ2v) is 14.7. The third kappa shape index (κ3) is 5.27. The Labute approximate surface area is 336 Å². The van der Waals surface area contributed by atoms with Crippen LogP contribution in [0.4, 0.5) is 0 Å². The summed E-state index contributed by atoms with van der Waals surface area (Å²) in [6.07, 6.45) is 0. The number of nitrogens with zero attached hydrogens (tertiary/aromatic N) is 4. The molecule has 0 amide bonds. The average molecular weight is 741 g/mol. The predicted octanol–water partition coefficient (Wildman–Crippen LogP) is 12.5. The highest BCUT2D eigenvalue weighted by atomic mass is 16.5. The van der Waals surface area contributed by atoms with Crippen LogP contribution in [-0.2, 0) is 5.41 Å². The van der Waals surface area contributed by atoms with Crippen molar-refractivity contribution in [3.63, 3.8) is 0 Å². The van der Waals surface area contributed by atoms with Crippen molar-refractivity contribution in [1.29, 1.82) is 5.26 Å². The minimum atomic E-state index is -0.694. The molecule has 2 aliphatic rings. The van der Waals surface area contributed by atoms with Gasteiger partial charge in [0.25, 0.3) is 0 Å². The Morgan fingerprint density at radius 2 is 0.810 bits per heavy atom. The number of fused-ring (bicyclic) bond motifs is 9. The highest BCUT2D eigenvalue weighted by molar-refractivity contribution is 5.89. The fourth-order valence-electron chi connectivity index (χ4n) is 8.78. The van der Waals surface area contributed by atoms with E-state index in [0.717, 1.165) is 61.6 Å². The van der Waals surface area contributed by atoms with Gasteiger partial charge < -0.3 is 4.74 Å². The number of hydrogen-bond acceptors (Lipinski definition) is 5. The molecule has 0 fully saturated rings. The topological polar surface area (TPSA) is 71.7 Å². The van der Waals surface area contributed by atoms with Gasteiger partial charge in [-0.2, -0.15) is 5.26 Å². The molecule has 0 N–H and O–H groups in total. The van der Waals surface area contributed by atoms with E-state index < -0.39 is 5.41 Å². The molecular weight excluding hydrogens is 709 g/mol. The SMILES string of the molecule is N#Cc1ccc2c(c1)C1(c3cc(-c4cccc(-c5nc(-c6ccccc6)nc(-c6ccc(-c7ccccc7)cc6)n5)c4)ccc3O2)c2ccccc2-c2ccccc21. The van der Waals surface area contributed by atoms with Gasteiger partial charge in [-0.25, -0.2) is 15.0 Å². The van der Waals surface area contributed by atoms with Crippen molar-refractivity contribution in [2.45, 2.75) is 5.41 Å². The number of ether oxygens (including phenoxy) is 1. The molecule has 11 rings (SSSR count). The number of aromatic nitrogens is 3. The smallest absolute Gasteiger partial charge is 0.164 e. The molecule has 0 saturated heterocycles. The molecule has 1 aliphatic heterocycles. The molecule has 5 nitrogen and oxygen atoms in total. The number of rotatable bonds is 5. The van der Waals surface area contributed by atoms with E-state index in [1.807, 2.05) is 54.6 Å². The Balaban J connectivity index is 1.06. The highest BCUT2D eigenvalue weighted by Gasteiger charge is 2.51. The van der Waals surface area contributed by atoms with Gasteiger partial charge in [-0.15, -0.1) is 0 Å². The minimum absolute atomic E-state index is 0.590. The number of nitriles is 1. The van der Waals surface area contributed by atoms with E-state index in [9.17, 15) is 5.26 Å². The van der Waals surface area contributed by atoms with Crippen LogP contribution in [0.3, 0.4) is 0 Å². The van der Waals surface area contributed by atoms with Crippen molar-refractivity contribution < 1.29 is 4.74 Å². The first kappa shape index (κ1) is 33.4. The summed E-state index contributed by atoms with van der Waals surface area (Å²) in [5.74, 6) is 3.35. The van der Waals surface area contributed by atoms with E-state index in [0.29, 0.717) is 23.0 Å². The molecule has 0 atom stereocenters. The fourth-order valence-corrected chi connectivity index (χ4v) is 8.78. The Morgan fingerprint density at radius 3 is 1.47 bits per heavy atom. The number of hydrogen-bond donors (Lipinski definition) is 0. The van der Waals surface area contributed by atoms with Crippen molar-refractivity contribution in [1.82, 2.24) is 15.0 Å². The van der Waals surface area contributed by atoms with E-state index in [-0.39, 0.29) is 0 Å². The molecule has 8 aromatic carbocycles.